The van der Waals surface area contributed by atoms with Crippen molar-refractivity contribution in [2.45, 2.75) is 32.7 Å². The van der Waals surface area contributed by atoms with Crippen molar-refractivity contribution in [3.05, 3.63) is 55.3 Å². The van der Waals surface area contributed by atoms with Crippen molar-refractivity contribution in [3.8, 4) is 0 Å². The van der Waals surface area contributed by atoms with Gasteiger partial charge in [-0.15, -0.1) is 11.3 Å². The summed E-state index contributed by atoms with van der Waals surface area (Å²) in [5, 5.41) is 14.2. The average molecular weight is 288 g/mol. The van der Waals surface area contributed by atoms with Crippen molar-refractivity contribution in [1.29, 1.82) is 0 Å². The monoisotopic (exact) mass is 288 g/mol. The molecule has 20 heavy (non-hydrogen) atoms. The molecule has 3 rings (SSSR count). The number of nitrogens with zero attached hydrogens (tertiary/aromatic N) is 1. The van der Waals surface area contributed by atoms with Crippen LogP contribution in [0.1, 0.15) is 27.3 Å². The van der Waals surface area contributed by atoms with Crippen molar-refractivity contribution in [1.82, 2.24) is 0 Å². The molecule has 0 spiro atoms. The topological polar surface area (TPSA) is 55.2 Å². The summed E-state index contributed by atoms with van der Waals surface area (Å²) < 4.78 is 0. The normalized spacial score (nSPS) is 13.2. The fraction of sp³-hybridized carbons (Fsp3) is 0.333. The van der Waals surface area contributed by atoms with Gasteiger partial charge in [0.05, 0.1) is 4.92 Å². The Hall–Kier alpha value is -1.88. The van der Waals surface area contributed by atoms with Crippen LogP contribution in [0.4, 0.5) is 11.4 Å². The molecule has 104 valence electrons. The van der Waals surface area contributed by atoms with Crippen molar-refractivity contribution in [3.63, 3.8) is 0 Å². The Morgan fingerprint density at radius 3 is 2.95 bits per heavy atom. The number of aryl methyl sites for hydroxylation is 3. The first kappa shape index (κ1) is 13.1. The maximum atomic E-state index is 11.0. The van der Waals surface area contributed by atoms with Gasteiger partial charge in [0.15, 0.2) is 0 Å². The minimum absolute atomic E-state index is 0.139. The van der Waals surface area contributed by atoms with Gasteiger partial charge in [-0.2, -0.15) is 0 Å². The van der Waals surface area contributed by atoms with Crippen LogP contribution in [0.25, 0.3) is 0 Å². The van der Waals surface area contributed by atoms with E-state index < -0.39 is 0 Å². The van der Waals surface area contributed by atoms with Crippen LogP contribution in [0, 0.1) is 17.0 Å². The lowest BCUT2D eigenvalue weighted by atomic mass is 10.2. The van der Waals surface area contributed by atoms with Crippen LogP contribution in [-0.2, 0) is 19.4 Å². The average Bonchev–Trinajstić information content (AvgIpc) is 2.96. The third-order valence-corrected chi connectivity index (χ3v) is 4.84. The van der Waals surface area contributed by atoms with E-state index in [0.29, 0.717) is 12.2 Å². The fourth-order valence-corrected chi connectivity index (χ4v) is 3.81. The van der Waals surface area contributed by atoms with E-state index in [4.69, 9.17) is 0 Å². The molecule has 1 aliphatic carbocycles. The van der Waals surface area contributed by atoms with Gasteiger partial charge in [-0.25, -0.2) is 0 Å². The molecule has 0 fully saturated rings. The summed E-state index contributed by atoms with van der Waals surface area (Å²) in [5.74, 6) is 0. The largest absolute Gasteiger partial charge is 0.375 e. The third-order valence-electron chi connectivity index (χ3n) is 3.60. The Balaban J connectivity index is 1.77. The van der Waals surface area contributed by atoms with Crippen molar-refractivity contribution in [2.24, 2.45) is 0 Å². The van der Waals surface area contributed by atoms with Crippen molar-refractivity contribution >= 4 is 22.7 Å². The molecule has 5 heteroatoms. The zero-order valence-corrected chi connectivity index (χ0v) is 12.1. The Morgan fingerprint density at radius 1 is 1.35 bits per heavy atom. The lowest BCUT2D eigenvalue weighted by Gasteiger charge is -2.07. The van der Waals surface area contributed by atoms with Gasteiger partial charge in [-0.05, 0) is 49.4 Å². The van der Waals surface area contributed by atoms with E-state index in [0.717, 1.165) is 5.56 Å². The number of hydrogen-bond donors (Lipinski definition) is 1. The predicted molar refractivity (Wildman–Crippen MR) is 81.5 cm³/mol. The van der Waals surface area contributed by atoms with Crippen LogP contribution >= 0.6 is 11.3 Å². The highest BCUT2D eigenvalue weighted by Crippen LogP contribution is 2.32. The summed E-state index contributed by atoms with van der Waals surface area (Å²) in [5.41, 5.74) is 3.22. The second kappa shape index (κ2) is 5.25. The number of nitro benzene ring substituents is 1. The van der Waals surface area contributed by atoms with Crippen LogP contribution in [0.2, 0.25) is 0 Å². The Kier molecular flexibility index (Phi) is 3.44. The second-order valence-corrected chi connectivity index (χ2v) is 6.37. The summed E-state index contributed by atoms with van der Waals surface area (Å²) in [6, 6.07) is 7.40. The molecule has 2 aromatic rings. The molecule has 1 heterocycles. The molecule has 1 N–H and O–H groups in total. The number of fused-ring (bicyclic) bond motifs is 1. The van der Waals surface area contributed by atoms with Crippen LogP contribution in [-0.4, -0.2) is 4.92 Å². The molecule has 0 radical (unpaired) electrons. The lowest BCUT2D eigenvalue weighted by molar-refractivity contribution is -0.384. The molecule has 1 aliphatic rings. The quantitative estimate of drug-likeness (QED) is 0.681. The zero-order chi connectivity index (χ0) is 14.1. The number of rotatable bonds is 4. The Labute approximate surface area is 121 Å². The minimum Gasteiger partial charge on any atom is -0.375 e. The zero-order valence-electron chi connectivity index (χ0n) is 11.3. The smallest absolute Gasteiger partial charge is 0.292 e. The highest BCUT2D eigenvalue weighted by atomic mass is 32.1. The number of hydrogen-bond acceptors (Lipinski definition) is 4. The number of thiophene rings is 1. The number of benzene rings is 1. The maximum Gasteiger partial charge on any atom is 0.292 e. The first-order chi connectivity index (χ1) is 9.63. The maximum absolute atomic E-state index is 11.0. The van der Waals surface area contributed by atoms with Crippen LogP contribution < -0.4 is 5.32 Å². The Bertz CT molecular complexity index is 642. The van der Waals surface area contributed by atoms with E-state index in [-0.39, 0.29) is 10.6 Å². The van der Waals surface area contributed by atoms with E-state index in [1.54, 1.807) is 12.1 Å². The first-order valence-corrected chi connectivity index (χ1v) is 7.54. The molecule has 0 saturated carbocycles. The van der Waals surface area contributed by atoms with E-state index in [1.807, 2.05) is 24.3 Å². The molecule has 0 amide bonds. The first-order valence-electron chi connectivity index (χ1n) is 6.73. The summed E-state index contributed by atoms with van der Waals surface area (Å²) in [4.78, 5) is 13.4. The highest BCUT2D eigenvalue weighted by molar-refractivity contribution is 7.12. The molecule has 0 aliphatic heterocycles. The summed E-state index contributed by atoms with van der Waals surface area (Å²) in [6.07, 6.45) is 3.62. The summed E-state index contributed by atoms with van der Waals surface area (Å²) in [6.45, 7) is 2.59. The summed E-state index contributed by atoms with van der Waals surface area (Å²) in [7, 11) is 0. The van der Waals surface area contributed by atoms with E-state index >= 15 is 0 Å². The molecular formula is C15H16N2O2S. The van der Waals surface area contributed by atoms with Crippen LogP contribution in [0.3, 0.4) is 0 Å². The van der Waals surface area contributed by atoms with Gasteiger partial charge in [0.2, 0.25) is 0 Å². The standard InChI is InChI=1S/C15H16N2O2S/c1-10-5-6-14(17(18)19)13(7-10)16-9-12-8-11-3-2-4-15(11)20-12/h5-8,16H,2-4,9H2,1H3. The van der Waals surface area contributed by atoms with Gasteiger partial charge >= 0.3 is 0 Å². The number of nitrogens with one attached hydrogen (secondary N) is 1. The molecule has 1 aromatic carbocycles. The van der Waals surface area contributed by atoms with E-state index in [9.17, 15) is 10.1 Å². The molecule has 0 bridgehead atoms. The molecule has 0 unspecified atom stereocenters. The van der Waals surface area contributed by atoms with Gasteiger partial charge in [0.25, 0.3) is 5.69 Å². The van der Waals surface area contributed by atoms with Gasteiger partial charge in [0.1, 0.15) is 5.69 Å². The highest BCUT2D eigenvalue weighted by Gasteiger charge is 2.16. The van der Waals surface area contributed by atoms with E-state index in [2.05, 4.69) is 11.4 Å². The Morgan fingerprint density at radius 2 is 2.20 bits per heavy atom. The predicted octanol–water partition coefficient (Wildman–Crippen LogP) is 4.07. The molecule has 0 saturated heterocycles. The molecule has 4 nitrogen and oxygen atoms in total. The van der Waals surface area contributed by atoms with Crippen molar-refractivity contribution in [2.75, 3.05) is 5.32 Å². The number of nitro groups is 1. The second-order valence-electron chi connectivity index (χ2n) is 5.15. The van der Waals surface area contributed by atoms with Crippen LogP contribution in [0.5, 0.6) is 0 Å². The van der Waals surface area contributed by atoms with Gasteiger partial charge in [-0.1, -0.05) is 6.07 Å². The summed E-state index contributed by atoms with van der Waals surface area (Å²) >= 11 is 1.83. The number of anilines is 1. The van der Waals surface area contributed by atoms with Crippen molar-refractivity contribution < 1.29 is 4.92 Å². The lowest BCUT2D eigenvalue weighted by Crippen LogP contribution is -2.02. The van der Waals surface area contributed by atoms with Gasteiger partial charge in [-0.3, -0.25) is 10.1 Å². The fourth-order valence-electron chi connectivity index (χ4n) is 2.61. The van der Waals surface area contributed by atoms with Crippen LogP contribution in [0.15, 0.2) is 24.3 Å². The molecular weight excluding hydrogens is 272 g/mol. The molecule has 1 aromatic heterocycles. The SMILES string of the molecule is Cc1ccc([N+](=O)[O-])c(NCc2cc3c(s2)CCC3)c1. The minimum atomic E-state index is -0.337. The van der Waals surface area contributed by atoms with Gasteiger partial charge in [0, 0.05) is 22.4 Å². The third kappa shape index (κ3) is 2.54. The van der Waals surface area contributed by atoms with Gasteiger partial charge < -0.3 is 5.32 Å². The van der Waals surface area contributed by atoms with E-state index in [1.165, 1.54) is 34.6 Å². The molecule has 0 atom stereocenters.